The van der Waals surface area contributed by atoms with E-state index in [0.29, 0.717) is 6.54 Å². The highest BCUT2D eigenvalue weighted by atomic mass is 15.3. The molecule has 2 N–H and O–H groups in total. The van der Waals surface area contributed by atoms with Gasteiger partial charge in [0, 0.05) is 52.8 Å². The van der Waals surface area contributed by atoms with Gasteiger partial charge in [0.25, 0.3) is 0 Å². The van der Waals surface area contributed by atoms with Crippen LogP contribution in [-0.2, 0) is 13.0 Å². The van der Waals surface area contributed by atoms with Gasteiger partial charge in [-0.25, -0.2) is 9.67 Å². The molecule has 7 heteroatoms. The fourth-order valence-corrected chi connectivity index (χ4v) is 2.78. The van der Waals surface area contributed by atoms with Gasteiger partial charge in [-0.2, -0.15) is 5.10 Å². The third-order valence-electron chi connectivity index (χ3n) is 4.36. The van der Waals surface area contributed by atoms with E-state index in [2.05, 4.69) is 56.0 Å². The van der Waals surface area contributed by atoms with E-state index in [-0.39, 0.29) is 0 Å². The number of hydrogen-bond donors (Lipinski definition) is 2. The fourth-order valence-electron chi connectivity index (χ4n) is 2.78. The van der Waals surface area contributed by atoms with E-state index in [1.807, 2.05) is 48.2 Å². The Kier molecular flexibility index (Phi) is 6.62. The molecule has 2 heterocycles. The summed E-state index contributed by atoms with van der Waals surface area (Å²) in [5.41, 5.74) is 3.49. The summed E-state index contributed by atoms with van der Waals surface area (Å²) in [5, 5.41) is 11.0. The van der Waals surface area contributed by atoms with Crippen LogP contribution in [0.5, 0.6) is 0 Å². The number of anilines is 1. The van der Waals surface area contributed by atoms with Gasteiger partial charge >= 0.3 is 0 Å². The molecule has 2 aromatic heterocycles. The summed E-state index contributed by atoms with van der Waals surface area (Å²) >= 11 is 0. The lowest BCUT2D eigenvalue weighted by Gasteiger charge is -2.14. The number of benzene rings is 1. The number of hydrogen-bond acceptors (Lipinski definition) is 4. The van der Waals surface area contributed by atoms with Crippen molar-refractivity contribution in [2.75, 3.05) is 32.6 Å². The number of rotatable bonds is 7. The second-order valence-corrected chi connectivity index (χ2v) is 6.64. The lowest BCUT2D eigenvalue weighted by molar-refractivity contribution is 0.793. The van der Waals surface area contributed by atoms with Crippen LogP contribution in [0.4, 0.5) is 5.82 Å². The highest BCUT2D eigenvalue weighted by Gasteiger charge is 2.02. The Balaban J connectivity index is 1.46. The summed E-state index contributed by atoms with van der Waals surface area (Å²) in [5.74, 6) is 1.73. The molecule has 7 nitrogen and oxygen atoms in total. The Morgan fingerprint density at radius 2 is 1.89 bits per heavy atom. The smallest absolute Gasteiger partial charge is 0.191 e. The summed E-state index contributed by atoms with van der Waals surface area (Å²) in [7, 11) is 5.76. The molecule has 1 aromatic carbocycles. The number of aliphatic imine (C=N–C) groups is 1. The highest BCUT2D eigenvalue weighted by Crippen LogP contribution is 2.10. The number of pyridine rings is 1. The molecular weight excluding hydrogens is 350 g/mol. The van der Waals surface area contributed by atoms with E-state index in [1.54, 1.807) is 13.2 Å². The van der Waals surface area contributed by atoms with Crippen molar-refractivity contribution in [1.82, 2.24) is 25.4 Å². The zero-order chi connectivity index (χ0) is 19.8. The monoisotopic (exact) mass is 377 g/mol. The molecule has 0 amide bonds. The van der Waals surface area contributed by atoms with E-state index < -0.39 is 0 Å². The molecule has 28 heavy (non-hydrogen) atoms. The third-order valence-corrected chi connectivity index (χ3v) is 4.36. The van der Waals surface area contributed by atoms with Crippen LogP contribution in [0.2, 0.25) is 0 Å². The lowest BCUT2D eigenvalue weighted by Crippen LogP contribution is -2.37. The molecule has 0 aliphatic heterocycles. The molecule has 0 aliphatic rings. The first-order chi connectivity index (χ1) is 13.7. The number of aromatic nitrogens is 3. The molecule has 3 rings (SSSR count). The van der Waals surface area contributed by atoms with Crippen molar-refractivity contribution < 1.29 is 0 Å². The largest absolute Gasteiger partial charge is 0.363 e. The van der Waals surface area contributed by atoms with Crippen LogP contribution in [0.15, 0.2) is 66.0 Å². The topological polar surface area (TPSA) is 70.4 Å². The maximum atomic E-state index is 4.34. The average molecular weight is 377 g/mol. The van der Waals surface area contributed by atoms with Crippen LogP contribution >= 0.6 is 0 Å². The van der Waals surface area contributed by atoms with Crippen molar-refractivity contribution in [2.24, 2.45) is 4.99 Å². The molecule has 0 unspecified atom stereocenters. The lowest BCUT2D eigenvalue weighted by atomic mass is 10.1. The quantitative estimate of drug-likeness (QED) is 0.488. The molecule has 146 valence electrons. The Morgan fingerprint density at radius 3 is 2.57 bits per heavy atom. The average Bonchev–Trinajstić information content (AvgIpc) is 3.26. The van der Waals surface area contributed by atoms with Crippen LogP contribution in [0, 0.1) is 0 Å². The molecule has 0 saturated heterocycles. The summed E-state index contributed by atoms with van der Waals surface area (Å²) < 4.78 is 1.86. The minimum atomic E-state index is 0.696. The van der Waals surface area contributed by atoms with Gasteiger partial charge in [-0.3, -0.25) is 4.99 Å². The third kappa shape index (κ3) is 5.33. The van der Waals surface area contributed by atoms with Crippen LogP contribution in [0.25, 0.3) is 5.69 Å². The first-order valence-electron chi connectivity index (χ1n) is 9.31. The Morgan fingerprint density at radius 1 is 1.07 bits per heavy atom. The van der Waals surface area contributed by atoms with Gasteiger partial charge < -0.3 is 15.5 Å². The Bertz CT molecular complexity index is 883. The van der Waals surface area contributed by atoms with E-state index in [0.717, 1.165) is 36.0 Å². The van der Waals surface area contributed by atoms with Crippen molar-refractivity contribution in [3.8, 4) is 5.69 Å². The zero-order valence-electron chi connectivity index (χ0n) is 16.6. The minimum absolute atomic E-state index is 0.696. The number of nitrogens with zero attached hydrogens (tertiary/aromatic N) is 5. The van der Waals surface area contributed by atoms with Crippen LogP contribution in [0.3, 0.4) is 0 Å². The number of nitrogens with one attached hydrogen (secondary N) is 2. The van der Waals surface area contributed by atoms with Crippen LogP contribution in [-0.4, -0.2) is 48.4 Å². The molecule has 0 fully saturated rings. The SMILES string of the molecule is CN=C(NCCc1ccc(-n2cccn2)cc1)NCc1ccnc(N(C)C)c1. The Labute approximate surface area is 166 Å². The molecule has 0 atom stereocenters. The molecule has 0 radical (unpaired) electrons. The van der Waals surface area contributed by atoms with Gasteiger partial charge in [0.1, 0.15) is 5.82 Å². The van der Waals surface area contributed by atoms with Crippen molar-refractivity contribution in [3.63, 3.8) is 0 Å². The first-order valence-corrected chi connectivity index (χ1v) is 9.31. The molecule has 0 saturated carbocycles. The van der Waals surface area contributed by atoms with E-state index in [4.69, 9.17) is 0 Å². The van der Waals surface area contributed by atoms with Crippen molar-refractivity contribution >= 4 is 11.8 Å². The summed E-state index contributed by atoms with van der Waals surface area (Å²) in [6.45, 7) is 1.50. The van der Waals surface area contributed by atoms with Crippen molar-refractivity contribution in [3.05, 3.63) is 72.2 Å². The highest BCUT2D eigenvalue weighted by molar-refractivity contribution is 5.79. The van der Waals surface area contributed by atoms with Gasteiger partial charge in [0.15, 0.2) is 5.96 Å². The second-order valence-electron chi connectivity index (χ2n) is 6.64. The number of guanidine groups is 1. The maximum absolute atomic E-state index is 4.34. The van der Waals surface area contributed by atoms with E-state index in [9.17, 15) is 0 Å². The maximum Gasteiger partial charge on any atom is 0.191 e. The standard InChI is InChI=1S/C21H27N7/c1-22-21(25-16-18-10-12-23-20(15-18)27(2)3)24-13-9-17-5-7-19(8-6-17)28-14-4-11-26-28/h4-8,10-12,14-15H,9,13,16H2,1-3H3,(H2,22,24,25). The fraction of sp³-hybridized carbons (Fsp3) is 0.286. The predicted octanol–water partition coefficient (Wildman–Crippen LogP) is 2.24. The molecule has 0 spiro atoms. The molecule has 0 aliphatic carbocycles. The summed E-state index contributed by atoms with van der Waals surface area (Å²) in [6.07, 6.45) is 6.47. The van der Waals surface area contributed by atoms with E-state index in [1.165, 1.54) is 5.56 Å². The summed E-state index contributed by atoms with van der Waals surface area (Å²) in [6, 6.07) is 14.4. The summed E-state index contributed by atoms with van der Waals surface area (Å²) in [4.78, 5) is 10.6. The minimum Gasteiger partial charge on any atom is -0.363 e. The van der Waals surface area contributed by atoms with Gasteiger partial charge in [0.05, 0.1) is 5.69 Å². The molecule has 0 bridgehead atoms. The predicted molar refractivity (Wildman–Crippen MR) is 114 cm³/mol. The van der Waals surface area contributed by atoms with Gasteiger partial charge in [-0.05, 0) is 47.9 Å². The second kappa shape index (κ2) is 9.55. The normalized spacial score (nSPS) is 11.3. The van der Waals surface area contributed by atoms with Crippen LogP contribution < -0.4 is 15.5 Å². The van der Waals surface area contributed by atoms with Gasteiger partial charge in [0.2, 0.25) is 0 Å². The van der Waals surface area contributed by atoms with Gasteiger partial charge in [-0.15, -0.1) is 0 Å². The van der Waals surface area contributed by atoms with Gasteiger partial charge in [-0.1, -0.05) is 12.1 Å². The van der Waals surface area contributed by atoms with Crippen molar-refractivity contribution in [2.45, 2.75) is 13.0 Å². The zero-order valence-corrected chi connectivity index (χ0v) is 16.6. The van der Waals surface area contributed by atoms with E-state index >= 15 is 0 Å². The Hall–Kier alpha value is -3.35. The molecule has 3 aromatic rings. The molecular formula is C21H27N7. The van der Waals surface area contributed by atoms with Crippen molar-refractivity contribution in [1.29, 1.82) is 0 Å². The van der Waals surface area contributed by atoms with Crippen LogP contribution in [0.1, 0.15) is 11.1 Å². The first kappa shape index (κ1) is 19.4.